The zero-order valence-electron chi connectivity index (χ0n) is 14.3. The maximum absolute atomic E-state index is 10.4. The van der Waals surface area contributed by atoms with Crippen LogP contribution in [0.4, 0.5) is 0 Å². The summed E-state index contributed by atoms with van der Waals surface area (Å²) in [5, 5.41) is 10.4. The number of likely N-dealkylation sites (tertiary alicyclic amines) is 1. The topological polar surface area (TPSA) is 58.7 Å². The maximum atomic E-state index is 10.4. The first kappa shape index (κ1) is 14.8. The van der Waals surface area contributed by atoms with Crippen molar-refractivity contribution in [2.24, 2.45) is 11.1 Å². The van der Waals surface area contributed by atoms with E-state index in [4.69, 9.17) is 10.5 Å². The lowest BCUT2D eigenvalue weighted by Gasteiger charge is -2.65. The number of nitrogens with zero attached hydrogens (tertiary/aromatic N) is 1. The second-order valence-electron chi connectivity index (χ2n) is 8.33. The lowest BCUT2D eigenvalue weighted by atomic mass is 9.43. The smallest absolute Gasteiger partial charge is 0.165 e. The number of piperidine rings is 1. The van der Waals surface area contributed by atoms with Gasteiger partial charge < -0.3 is 15.6 Å². The molecule has 2 aliphatic carbocycles. The average molecular weight is 326 g/mol. The van der Waals surface area contributed by atoms with Crippen molar-refractivity contribution in [1.82, 2.24) is 4.90 Å². The largest absolute Gasteiger partial charge is 0.504 e. The highest BCUT2D eigenvalue weighted by Gasteiger charge is 2.70. The predicted octanol–water partition coefficient (Wildman–Crippen LogP) is 2.33. The van der Waals surface area contributed by atoms with Crippen LogP contribution in [-0.4, -0.2) is 41.3 Å². The number of hydrogen-bond donors (Lipinski definition) is 2. The first-order chi connectivity index (χ1) is 11.5. The summed E-state index contributed by atoms with van der Waals surface area (Å²) in [5.41, 5.74) is 9.25. The average Bonchev–Trinajstić information content (AvgIpc) is 2.91. The van der Waals surface area contributed by atoms with Gasteiger partial charge in [-0.1, -0.05) is 19.1 Å². The van der Waals surface area contributed by atoms with Crippen molar-refractivity contribution < 1.29 is 9.84 Å². The van der Waals surface area contributed by atoms with Gasteiger partial charge >= 0.3 is 0 Å². The number of aromatic hydroxyl groups is 1. The van der Waals surface area contributed by atoms with Crippen molar-refractivity contribution in [2.45, 2.75) is 56.2 Å². The third kappa shape index (κ3) is 1.44. The summed E-state index contributed by atoms with van der Waals surface area (Å²) in [6, 6.07) is 4.43. The highest BCUT2D eigenvalue weighted by atomic mass is 16.5. The van der Waals surface area contributed by atoms with Crippen LogP contribution in [-0.2, 0) is 11.8 Å². The van der Waals surface area contributed by atoms with Gasteiger partial charge in [-0.25, -0.2) is 0 Å². The Labute approximate surface area is 143 Å². The molecule has 5 atom stereocenters. The first-order valence-corrected chi connectivity index (χ1v) is 9.15. The molecule has 1 saturated heterocycles. The Morgan fingerprint density at radius 3 is 3.08 bits per heavy atom. The molecule has 4 nitrogen and oxygen atoms in total. The van der Waals surface area contributed by atoms with Crippen LogP contribution >= 0.6 is 0 Å². The molecule has 2 heterocycles. The zero-order chi connectivity index (χ0) is 16.7. The van der Waals surface area contributed by atoms with E-state index in [9.17, 15) is 5.11 Å². The minimum Gasteiger partial charge on any atom is -0.504 e. The Morgan fingerprint density at radius 2 is 2.29 bits per heavy atom. The van der Waals surface area contributed by atoms with Gasteiger partial charge in [-0.2, -0.15) is 0 Å². The Balaban J connectivity index is 1.78. The van der Waals surface area contributed by atoms with E-state index in [0.29, 0.717) is 6.04 Å². The fourth-order valence-electron chi connectivity index (χ4n) is 6.51. The first-order valence-electron chi connectivity index (χ1n) is 9.15. The number of benzene rings is 1. The fourth-order valence-corrected chi connectivity index (χ4v) is 6.51. The van der Waals surface area contributed by atoms with Gasteiger partial charge in [0.25, 0.3) is 0 Å². The zero-order valence-corrected chi connectivity index (χ0v) is 14.3. The Kier molecular flexibility index (Phi) is 2.81. The molecule has 2 aliphatic heterocycles. The molecule has 2 fully saturated rings. The molecule has 1 aromatic carbocycles. The molecule has 0 radical (unpaired) electrons. The van der Waals surface area contributed by atoms with Crippen LogP contribution < -0.4 is 10.5 Å². The van der Waals surface area contributed by atoms with Gasteiger partial charge in [0.05, 0.1) is 0 Å². The number of phenols is 1. The third-order valence-electron chi connectivity index (χ3n) is 7.55. The van der Waals surface area contributed by atoms with E-state index in [1.165, 1.54) is 11.1 Å². The SMILES string of the molecule is C=CCN1CC[C@]23c4c5ccc(O)c4O[C@H]2[C@H](N)CC[C@@]3(C)[C@H]1C5. The van der Waals surface area contributed by atoms with Gasteiger partial charge in [-0.05, 0) is 49.3 Å². The fraction of sp³-hybridized carbons (Fsp3) is 0.600. The summed E-state index contributed by atoms with van der Waals surface area (Å²) >= 11 is 0. The standard InChI is InChI=1S/C20H26N2O2/c1-3-9-22-10-8-20-16-12-4-5-14(23)17(16)24-18(20)13(21)6-7-19(20,2)15(22)11-12/h3-5,13,15,18,23H,1,6-11,21H2,2H3/t13-,15-,18+,19+,20+/m1/s1. The summed E-state index contributed by atoms with van der Waals surface area (Å²) in [4.78, 5) is 2.60. The van der Waals surface area contributed by atoms with Crippen LogP contribution in [0.25, 0.3) is 0 Å². The van der Waals surface area contributed by atoms with E-state index in [0.717, 1.165) is 44.5 Å². The van der Waals surface area contributed by atoms with Gasteiger partial charge in [0.2, 0.25) is 0 Å². The number of phenolic OH excluding ortho intramolecular Hbond substituents is 1. The second kappa shape index (κ2) is 4.55. The molecule has 24 heavy (non-hydrogen) atoms. The van der Waals surface area contributed by atoms with Crippen molar-refractivity contribution >= 4 is 0 Å². The second-order valence-corrected chi connectivity index (χ2v) is 8.33. The van der Waals surface area contributed by atoms with E-state index >= 15 is 0 Å². The van der Waals surface area contributed by atoms with Gasteiger partial charge in [-0.15, -0.1) is 6.58 Å². The molecule has 1 saturated carbocycles. The van der Waals surface area contributed by atoms with Crippen molar-refractivity contribution in [1.29, 1.82) is 0 Å². The van der Waals surface area contributed by atoms with E-state index < -0.39 is 0 Å². The van der Waals surface area contributed by atoms with Gasteiger partial charge in [0.1, 0.15) is 6.10 Å². The Hall–Kier alpha value is -1.52. The number of nitrogens with two attached hydrogens (primary N) is 1. The molecule has 0 amide bonds. The van der Waals surface area contributed by atoms with Crippen molar-refractivity contribution in [2.75, 3.05) is 13.1 Å². The molecule has 4 heteroatoms. The van der Waals surface area contributed by atoms with Gasteiger partial charge in [0.15, 0.2) is 11.5 Å². The van der Waals surface area contributed by atoms with E-state index in [-0.39, 0.29) is 28.7 Å². The van der Waals surface area contributed by atoms with Crippen LogP contribution in [0.5, 0.6) is 11.5 Å². The Bertz CT molecular complexity index is 733. The number of hydrogen-bond acceptors (Lipinski definition) is 4. The molecular weight excluding hydrogens is 300 g/mol. The summed E-state index contributed by atoms with van der Waals surface area (Å²) in [6.45, 7) is 8.39. The molecule has 0 unspecified atom stereocenters. The van der Waals surface area contributed by atoms with Crippen molar-refractivity contribution in [3.8, 4) is 11.5 Å². The van der Waals surface area contributed by atoms with Crippen LogP contribution in [0.1, 0.15) is 37.3 Å². The van der Waals surface area contributed by atoms with Crippen LogP contribution in [0.15, 0.2) is 24.8 Å². The Morgan fingerprint density at radius 1 is 1.46 bits per heavy atom. The normalized spacial score (nSPS) is 42.3. The summed E-state index contributed by atoms with van der Waals surface area (Å²) in [5.74, 6) is 0.996. The minimum absolute atomic E-state index is 0.00742. The molecule has 5 rings (SSSR count). The quantitative estimate of drug-likeness (QED) is 0.819. The monoisotopic (exact) mass is 326 g/mol. The van der Waals surface area contributed by atoms with E-state index in [2.05, 4.69) is 24.5 Å². The van der Waals surface area contributed by atoms with Crippen molar-refractivity contribution in [3.63, 3.8) is 0 Å². The molecule has 1 spiro atoms. The molecule has 128 valence electrons. The lowest BCUT2D eigenvalue weighted by molar-refractivity contribution is -0.117. The number of rotatable bonds is 2. The van der Waals surface area contributed by atoms with E-state index in [1.807, 2.05) is 6.08 Å². The molecule has 2 bridgehead atoms. The minimum atomic E-state index is -0.0470. The molecule has 0 aromatic heterocycles. The van der Waals surface area contributed by atoms with Crippen LogP contribution in [0, 0.1) is 5.41 Å². The van der Waals surface area contributed by atoms with Gasteiger partial charge in [-0.3, -0.25) is 4.90 Å². The predicted molar refractivity (Wildman–Crippen MR) is 93.4 cm³/mol. The van der Waals surface area contributed by atoms with Crippen molar-refractivity contribution in [3.05, 3.63) is 35.9 Å². The van der Waals surface area contributed by atoms with E-state index in [1.54, 1.807) is 6.07 Å². The lowest BCUT2D eigenvalue weighted by Crippen LogP contribution is -2.73. The molecule has 3 N–H and O–H groups in total. The van der Waals surface area contributed by atoms with Crippen LogP contribution in [0.3, 0.4) is 0 Å². The maximum Gasteiger partial charge on any atom is 0.165 e. The van der Waals surface area contributed by atoms with Crippen LogP contribution in [0.2, 0.25) is 0 Å². The number of ether oxygens (including phenoxy) is 1. The third-order valence-corrected chi connectivity index (χ3v) is 7.55. The summed E-state index contributed by atoms with van der Waals surface area (Å²) < 4.78 is 6.37. The molecule has 1 aromatic rings. The van der Waals surface area contributed by atoms with Gasteiger partial charge in [0, 0.05) is 29.6 Å². The summed E-state index contributed by atoms with van der Waals surface area (Å²) in [7, 11) is 0. The highest BCUT2D eigenvalue weighted by molar-refractivity contribution is 5.61. The summed E-state index contributed by atoms with van der Waals surface area (Å²) in [6.07, 6.45) is 6.21. The molecular formula is C20H26N2O2. The highest BCUT2D eigenvalue weighted by Crippen LogP contribution is 2.68. The molecule has 4 aliphatic rings.